The van der Waals surface area contributed by atoms with Crippen molar-refractivity contribution in [3.8, 4) is 0 Å². The molecule has 8 heteroatoms. The van der Waals surface area contributed by atoms with Crippen molar-refractivity contribution in [2.45, 2.75) is 0 Å². The van der Waals surface area contributed by atoms with E-state index in [1.54, 1.807) is 0 Å². The predicted molar refractivity (Wildman–Crippen MR) is 29.5 cm³/mol. The van der Waals surface area contributed by atoms with E-state index in [0.717, 1.165) is 0 Å². The van der Waals surface area contributed by atoms with Crippen LogP contribution in [0.1, 0.15) is 0 Å². The molecule has 0 rings (SSSR count). The van der Waals surface area contributed by atoms with E-state index < -0.39 is 0 Å². The van der Waals surface area contributed by atoms with Crippen LogP contribution >= 0.6 is 0 Å². The zero-order valence-electron chi connectivity index (χ0n) is 5.63. The van der Waals surface area contributed by atoms with Gasteiger partial charge in [0.15, 0.2) is 0 Å². The van der Waals surface area contributed by atoms with Gasteiger partial charge >= 0.3 is 206 Å². The van der Waals surface area contributed by atoms with Gasteiger partial charge in [0.25, 0.3) is 0 Å². The van der Waals surface area contributed by atoms with Crippen LogP contribution in [-0.2, 0) is 46.6 Å². The number of hydrogen-bond acceptors (Lipinski definition) is 4. The van der Waals surface area contributed by atoms with Crippen molar-refractivity contribution in [2.24, 2.45) is 0 Å². The molecule has 0 atom stereocenters. The fourth-order valence-corrected chi connectivity index (χ4v) is 0. The molecule has 0 N–H and O–H groups in total. The van der Waals surface area contributed by atoms with Gasteiger partial charge in [0.2, 0.25) is 0 Å². The molecule has 0 saturated carbocycles. The van der Waals surface area contributed by atoms with Crippen molar-refractivity contribution in [1.82, 2.24) is 0 Å². The van der Waals surface area contributed by atoms with Crippen molar-refractivity contribution >= 4 is 46.6 Å². The molecular formula is K4S4. The minimum atomic E-state index is 0. The Hall–Kier alpha value is 7.95. The average molecular weight is 285 g/mol. The van der Waals surface area contributed by atoms with Crippen LogP contribution in [0.4, 0.5) is 0 Å². The third-order valence-electron chi connectivity index (χ3n) is 0. The van der Waals surface area contributed by atoms with Crippen molar-refractivity contribution in [3.05, 3.63) is 0 Å². The molecule has 0 aliphatic heterocycles. The van der Waals surface area contributed by atoms with E-state index in [4.69, 9.17) is 0 Å². The van der Waals surface area contributed by atoms with Crippen LogP contribution in [0.15, 0.2) is 0 Å². The normalized spacial score (nSPS) is 1.50. The van der Waals surface area contributed by atoms with Crippen molar-refractivity contribution in [2.75, 3.05) is 0 Å². The van der Waals surface area contributed by atoms with Gasteiger partial charge in [-0.1, -0.05) is 0 Å². The quantitative estimate of drug-likeness (QED) is 0.246. The molecule has 0 aliphatic rings. The molecule has 0 aromatic rings. The molecule has 0 unspecified atom stereocenters. The van der Waals surface area contributed by atoms with Crippen LogP contribution in [-0.4, -0.2) is 0 Å². The second kappa shape index (κ2) is 46.0. The monoisotopic (exact) mass is 284 g/mol. The minimum Gasteiger partial charge on any atom is -1.00 e. The third-order valence-corrected chi connectivity index (χ3v) is 0. The van der Waals surface area contributed by atoms with Gasteiger partial charge in [-0.2, -0.15) is 0 Å². The molecule has 0 radical (unpaired) electrons. The first-order valence-electron chi connectivity index (χ1n) is 0.333. The van der Waals surface area contributed by atoms with E-state index in [1.807, 2.05) is 0 Å². The molecule has 0 fully saturated rings. The van der Waals surface area contributed by atoms with Gasteiger partial charge in [0.1, 0.15) is 0 Å². The Bertz CT molecular complexity index is 8.00. The summed E-state index contributed by atoms with van der Waals surface area (Å²) in [5.41, 5.74) is 0. The smallest absolute Gasteiger partial charge is 1.00 e. The Balaban J connectivity index is -0.00000000167. The van der Waals surface area contributed by atoms with Gasteiger partial charge in [-0.15, -0.1) is 0 Å². The zero-order valence-corrected chi connectivity index (χ0v) is 21.4. The first-order valence-corrected chi connectivity index (χ1v) is 3.00. The maximum absolute atomic E-state index is 3.67. The number of rotatable bonds is 0. The van der Waals surface area contributed by atoms with Gasteiger partial charge < -0.3 is 46.6 Å². The van der Waals surface area contributed by atoms with Gasteiger partial charge in [-0.05, 0) is 0 Å². The second-order valence-corrected chi connectivity index (χ2v) is 0. The summed E-state index contributed by atoms with van der Waals surface area (Å²) < 4.78 is 0. The minimum absolute atomic E-state index is 0. The standard InChI is InChI=1S/4K.2S2/c;;;;2*1-2/q4*+1;2*-2. The van der Waals surface area contributed by atoms with Gasteiger partial charge in [-0.25, -0.2) is 0 Å². The van der Waals surface area contributed by atoms with E-state index in [0.29, 0.717) is 0 Å². The van der Waals surface area contributed by atoms with Crippen molar-refractivity contribution in [3.63, 3.8) is 0 Å². The summed E-state index contributed by atoms with van der Waals surface area (Å²) in [6.45, 7) is 0. The first-order chi connectivity index (χ1) is 2.00. The van der Waals surface area contributed by atoms with Crippen LogP contribution in [0.3, 0.4) is 0 Å². The van der Waals surface area contributed by atoms with Crippen LogP contribution < -0.4 is 206 Å². The summed E-state index contributed by atoms with van der Waals surface area (Å²) in [6, 6.07) is 0. The Morgan fingerprint density at radius 2 is 0.375 bits per heavy atom. The van der Waals surface area contributed by atoms with E-state index in [2.05, 4.69) is 46.6 Å². The first kappa shape index (κ1) is 36.0. The largest absolute Gasteiger partial charge is 1.00 e. The zero-order chi connectivity index (χ0) is 4.00. The molecule has 0 heterocycles. The third kappa shape index (κ3) is 37.0. The van der Waals surface area contributed by atoms with Gasteiger partial charge in [-0.3, -0.25) is 0 Å². The Morgan fingerprint density at radius 3 is 0.375 bits per heavy atom. The summed E-state index contributed by atoms with van der Waals surface area (Å²) in [4.78, 5) is 0. The average Bonchev–Trinajstić information content (AvgIpc) is 1.50. The van der Waals surface area contributed by atoms with Crippen LogP contribution in [0.5, 0.6) is 0 Å². The van der Waals surface area contributed by atoms with Crippen molar-refractivity contribution < 1.29 is 206 Å². The van der Waals surface area contributed by atoms with Crippen LogP contribution in [0.2, 0.25) is 0 Å². The molecule has 0 aliphatic carbocycles. The summed E-state index contributed by atoms with van der Waals surface area (Å²) >= 11 is 14.7. The molecule has 0 bridgehead atoms. The van der Waals surface area contributed by atoms with Crippen LogP contribution in [0, 0.1) is 0 Å². The maximum atomic E-state index is 3.67. The SMILES string of the molecule is [K+].[K+].[K+].[K+].[S-][S-].[S-][S-]. The van der Waals surface area contributed by atoms with E-state index >= 15 is 0 Å². The summed E-state index contributed by atoms with van der Waals surface area (Å²) in [6.07, 6.45) is 0. The summed E-state index contributed by atoms with van der Waals surface area (Å²) in [5, 5.41) is 0. The Labute approximate surface area is 242 Å². The van der Waals surface area contributed by atoms with E-state index in [9.17, 15) is 0 Å². The molecule has 8 heavy (non-hydrogen) atoms. The maximum Gasteiger partial charge on any atom is 1.00 e. The van der Waals surface area contributed by atoms with Crippen LogP contribution in [0.25, 0.3) is 0 Å². The fourth-order valence-electron chi connectivity index (χ4n) is 0. The fraction of sp³-hybridized carbons (Fsp3) is 0. The molecule has 28 valence electrons. The number of hydrogen-bond donors (Lipinski definition) is 0. The Kier molecular flexibility index (Phi) is 207. The topological polar surface area (TPSA) is 0 Å². The van der Waals surface area contributed by atoms with E-state index in [1.165, 1.54) is 0 Å². The second-order valence-electron chi connectivity index (χ2n) is 0. The molecule has 0 nitrogen and oxygen atoms in total. The Morgan fingerprint density at radius 1 is 0.375 bits per heavy atom. The predicted octanol–water partition coefficient (Wildman–Crippen LogP) is -12.0. The van der Waals surface area contributed by atoms with Gasteiger partial charge in [0, 0.05) is 0 Å². The van der Waals surface area contributed by atoms with Crippen molar-refractivity contribution in [1.29, 1.82) is 0 Å². The molecular weight excluding hydrogens is 285 g/mol. The molecule has 0 aromatic heterocycles. The molecule has 0 amide bonds. The van der Waals surface area contributed by atoms with E-state index in [-0.39, 0.29) is 206 Å². The molecule has 0 spiro atoms. The molecule has 0 saturated heterocycles. The summed E-state index contributed by atoms with van der Waals surface area (Å²) in [5.74, 6) is 0. The molecule has 0 aromatic carbocycles. The van der Waals surface area contributed by atoms with Gasteiger partial charge in [0.05, 0.1) is 0 Å². The summed E-state index contributed by atoms with van der Waals surface area (Å²) in [7, 11) is 0.